The zero-order valence-corrected chi connectivity index (χ0v) is 11.3. The number of rotatable bonds is 4. The molecule has 1 amide bonds. The maximum atomic E-state index is 13.2. The Balaban J connectivity index is 2.02. The summed E-state index contributed by atoms with van der Waals surface area (Å²) in [5, 5.41) is 13.2. The van der Waals surface area contributed by atoms with Crippen molar-refractivity contribution in [2.45, 2.75) is 13.5 Å². The van der Waals surface area contributed by atoms with Gasteiger partial charge in [0, 0.05) is 10.9 Å². The number of aromatic nitrogens is 1. The largest absolute Gasteiger partial charge is 0.476 e. The molecule has 0 radical (unpaired) electrons. The van der Waals surface area contributed by atoms with Crippen LogP contribution < -0.4 is 5.32 Å². The number of aryl methyl sites for hydroxylation is 1. The van der Waals surface area contributed by atoms with Gasteiger partial charge in [0.1, 0.15) is 10.8 Å². The number of carbonyl (C=O) groups is 2. The predicted octanol–water partition coefficient (Wildman–Crippen LogP) is 2.22. The highest BCUT2D eigenvalue weighted by Crippen LogP contribution is 2.11. The zero-order valence-electron chi connectivity index (χ0n) is 10.5. The molecule has 0 fully saturated rings. The summed E-state index contributed by atoms with van der Waals surface area (Å²) in [6, 6.07) is 4.05. The molecule has 5 nitrogen and oxygen atoms in total. The minimum atomic E-state index is -1.11. The fourth-order valence-electron chi connectivity index (χ4n) is 1.62. The van der Waals surface area contributed by atoms with Gasteiger partial charge in [-0.25, -0.2) is 14.2 Å². The number of carboxylic acids is 1. The quantitative estimate of drug-likeness (QED) is 0.906. The van der Waals surface area contributed by atoms with Gasteiger partial charge in [-0.15, -0.1) is 11.3 Å². The van der Waals surface area contributed by atoms with Gasteiger partial charge in [0.2, 0.25) is 0 Å². The van der Waals surface area contributed by atoms with Gasteiger partial charge in [0.15, 0.2) is 5.69 Å². The van der Waals surface area contributed by atoms with E-state index >= 15 is 0 Å². The fourth-order valence-corrected chi connectivity index (χ4v) is 2.32. The normalized spacial score (nSPS) is 10.3. The highest BCUT2D eigenvalue weighted by molar-refractivity contribution is 7.09. The first-order chi connectivity index (χ1) is 9.45. The second-order valence-corrected chi connectivity index (χ2v) is 5.07. The van der Waals surface area contributed by atoms with Crippen molar-refractivity contribution in [1.29, 1.82) is 0 Å². The van der Waals surface area contributed by atoms with E-state index in [1.807, 2.05) is 0 Å². The number of hydrogen-bond acceptors (Lipinski definition) is 4. The molecule has 104 valence electrons. The van der Waals surface area contributed by atoms with E-state index < -0.39 is 17.7 Å². The molecule has 2 rings (SSSR count). The van der Waals surface area contributed by atoms with Crippen molar-refractivity contribution in [3.8, 4) is 0 Å². The van der Waals surface area contributed by atoms with E-state index in [0.717, 1.165) is 17.4 Å². The Bertz CT molecular complexity index is 649. The van der Waals surface area contributed by atoms with Gasteiger partial charge >= 0.3 is 5.97 Å². The van der Waals surface area contributed by atoms with Gasteiger partial charge in [-0.1, -0.05) is 0 Å². The summed E-state index contributed by atoms with van der Waals surface area (Å²) in [7, 11) is 0. The smallest absolute Gasteiger partial charge is 0.355 e. The van der Waals surface area contributed by atoms with Crippen LogP contribution in [-0.4, -0.2) is 22.0 Å². The summed E-state index contributed by atoms with van der Waals surface area (Å²) >= 11 is 1.14. The van der Waals surface area contributed by atoms with Crippen LogP contribution in [0.4, 0.5) is 4.39 Å². The van der Waals surface area contributed by atoms with Crippen LogP contribution in [-0.2, 0) is 6.54 Å². The number of halogens is 1. The lowest BCUT2D eigenvalue weighted by Crippen LogP contribution is -2.23. The number of carbonyl (C=O) groups excluding carboxylic acids is 1. The number of aromatic carboxylic acids is 1. The minimum Gasteiger partial charge on any atom is -0.476 e. The Morgan fingerprint density at radius 1 is 1.40 bits per heavy atom. The number of nitrogens with one attached hydrogen (secondary N) is 1. The van der Waals surface area contributed by atoms with Crippen LogP contribution in [0, 0.1) is 12.7 Å². The number of amides is 1. The molecule has 0 atom stereocenters. The van der Waals surface area contributed by atoms with Gasteiger partial charge < -0.3 is 10.4 Å². The number of benzene rings is 1. The summed E-state index contributed by atoms with van der Waals surface area (Å²) in [4.78, 5) is 26.4. The molecule has 7 heteroatoms. The van der Waals surface area contributed by atoms with Crippen LogP contribution in [0.3, 0.4) is 0 Å². The second kappa shape index (κ2) is 5.79. The van der Waals surface area contributed by atoms with Crippen LogP contribution >= 0.6 is 11.3 Å². The van der Waals surface area contributed by atoms with Crippen LogP contribution in [0.15, 0.2) is 23.6 Å². The van der Waals surface area contributed by atoms with E-state index in [0.29, 0.717) is 10.6 Å². The molecule has 0 bridgehead atoms. The van der Waals surface area contributed by atoms with E-state index in [2.05, 4.69) is 10.3 Å². The Morgan fingerprint density at radius 3 is 2.75 bits per heavy atom. The van der Waals surface area contributed by atoms with E-state index in [9.17, 15) is 14.0 Å². The standard InChI is InChI=1S/C13H11FN2O3S/c1-7-2-8(4-9(14)3-7)12(17)15-5-11-16-10(6-20-11)13(18)19/h2-4,6H,5H2,1H3,(H,15,17)(H,18,19). The Morgan fingerprint density at radius 2 is 2.15 bits per heavy atom. The molecular weight excluding hydrogens is 283 g/mol. The predicted molar refractivity (Wildman–Crippen MR) is 71.4 cm³/mol. The Kier molecular flexibility index (Phi) is 4.09. The first-order valence-electron chi connectivity index (χ1n) is 5.69. The van der Waals surface area contributed by atoms with Crippen molar-refractivity contribution in [3.05, 3.63) is 51.2 Å². The lowest BCUT2D eigenvalue weighted by Gasteiger charge is -2.04. The van der Waals surface area contributed by atoms with Crippen LogP contribution in [0.5, 0.6) is 0 Å². The molecule has 0 aliphatic carbocycles. The highest BCUT2D eigenvalue weighted by atomic mass is 32.1. The molecule has 2 aromatic rings. The molecule has 0 spiro atoms. The zero-order chi connectivity index (χ0) is 14.7. The van der Waals surface area contributed by atoms with Crippen molar-refractivity contribution >= 4 is 23.2 Å². The number of thiazole rings is 1. The lowest BCUT2D eigenvalue weighted by molar-refractivity contribution is 0.0691. The third kappa shape index (κ3) is 3.39. The highest BCUT2D eigenvalue weighted by Gasteiger charge is 2.11. The summed E-state index contributed by atoms with van der Waals surface area (Å²) in [6.07, 6.45) is 0. The number of hydrogen-bond donors (Lipinski definition) is 2. The topological polar surface area (TPSA) is 79.3 Å². The van der Waals surface area contributed by atoms with Crippen molar-refractivity contribution in [2.75, 3.05) is 0 Å². The monoisotopic (exact) mass is 294 g/mol. The molecule has 1 heterocycles. The molecule has 0 aliphatic rings. The fraction of sp³-hybridized carbons (Fsp3) is 0.154. The van der Waals surface area contributed by atoms with Gasteiger partial charge in [0.05, 0.1) is 6.54 Å². The van der Waals surface area contributed by atoms with Crippen molar-refractivity contribution in [1.82, 2.24) is 10.3 Å². The number of nitrogens with zero attached hydrogens (tertiary/aromatic N) is 1. The average molecular weight is 294 g/mol. The maximum Gasteiger partial charge on any atom is 0.355 e. The molecule has 0 aliphatic heterocycles. The van der Waals surface area contributed by atoms with E-state index in [-0.39, 0.29) is 17.8 Å². The Hall–Kier alpha value is -2.28. The summed E-state index contributed by atoms with van der Waals surface area (Å²) in [5.41, 5.74) is 0.816. The first kappa shape index (κ1) is 14.1. The lowest BCUT2D eigenvalue weighted by atomic mass is 10.1. The second-order valence-electron chi connectivity index (χ2n) is 4.13. The molecule has 1 aromatic carbocycles. The molecular formula is C13H11FN2O3S. The third-order valence-corrected chi connectivity index (χ3v) is 3.32. The summed E-state index contributed by atoms with van der Waals surface area (Å²) < 4.78 is 13.2. The Labute approximate surface area is 118 Å². The third-order valence-electron chi connectivity index (χ3n) is 2.48. The molecule has 0 saturated heterocycles. The van der Waals surface area contributed by atoms with Gasteiger partial charge in [0.25, 0.3) is 5.91 Å². The van der Waals surface area contributed by atoms with Crippen LogP contribution in [0.1, 0.15) is 31.4 Å². The maximum absolute atomic E-state index is 13.2. The first-order valence-corrected chi connectivity index (χ1v) is 6.57. The van der Waals surface area contributed by atoms with Crippen molar-refractivity contribution in [2.24, 2.45) is 0 Å². The van der Waals surface area contributed by atoms with Crippen molar-refractivity contribution < 1.29 is 19.1 Å². The van der Waals surface area contributed by atoms with Crippen LogP contribution in [0.2, 0.25) is 0 Å². The van der Waals surface area contributed by atoms with E-state index in [4.69, 9.17) is 5.11 Å². The van der Waals surface area contributed by atoms with Crippen molar-refractivity contribution in [3.63, 3.8) is 0 Å². The minimum absolute atomic E-state index is 0.0548. The SMILES string of the molecule is Cc1cc(F)cc(C(=O)NCc2nc(C(=O)O)cs2)c1. The van der Waals surface area contributed by atoms with Gasteiger partial charge in [-0.05, 0) is 30.7 Å². The van der Waals surface area contributed by atoms with E-state index in [1.165, 1.54) is 11.4 Å². The van der Waals surface area contributed by atoms with E-state index in [1.54, 1.807) is 13.0 Å². The van der Waals surface area contributed by atoms with Gasteiger partial charge in [-0.3, -0.25) is 4.79 Å². The molecule has 1 aromatic heterocycles. The van der Waals surface area contributed by atoms with Crippen LogP contribution in [0.25, 0.3) is 0 Å². The molecule has 2 N–H and O–H groups in total. The molecule has 0 saturated carbocycles. The molecule has 0 unspecified atom stereocenters. The number of carboxylic acid groups (broad SMARTS) is 1. The summed E-state index contributed by atoms with van der Waals surface area (Å²) in [6.45, 7) is 1.80. The average Bonchev–Trinajstić information content (AvgIpc) is 2.83. The molecule has 20 heavy (non-hydrogen) atoms. The van der Waals surface area contributed by atoms with Gasteiger partial charge in [-0.2, -0.15) is 0 Å². The summed E-state index contributed by atoms with van der Waals surface area (Å²) in [5.74, 6) is -2.02.